The van der Waals surface area contributed by atoms with Gasteiger partial charge in [-0.2, -0.15) is 0 Å². The molecule has 2 N–H and O–H groups in total. The lowest BCUT2D eigenvalue weighted by Crippen LogP contribution is -2.37. The molecule has 0 aliphatic rings. The third kappa shape index (κ3) is 9.49. The van der Waals surface area contributed by atoms with Gasteiger partial charge in [-0.1, -0.05) is 0 Å². The number of unbranched alkanes of at least 4 members (excludes halogenated alkanes) is 1. The van der Waals surface area contributed by atoms with Crippen LogP contribution in [0.2, 0.25) is 0 Å². The summed E-state index contributed by atoms with van der Waals surface area (Å²) in [5, 5.41) is 6.36. The molecular formula is C15H25FIN3O. The second-order valence-corrected chi connectivity index (χ2v) is 4.30. The van der Waals surface area contributed by atoms with Crippen molar-refractivity contribution in [1.29, 1.82) is 0 Å². The van der Waals surface area contributed by atoms with Gasteiger partial charge in [-0.25, -0.2) is 4.39 Å². The number of benzene rings is 1. The fourth-order valence-electron chi connectivity index (χ4n) is 1.63. The zero-order valence-electron chi connectivity index (χ0n) is 12.7. The molecule has 0 aliphatic carbocycles. The first kappa shape index (κ1) is 19.9. The molecule has 0 radical (unpaired) electrons. The fourth-order valence-corrected chi connectivity index (χ4v) is 1.63. The number of guanidine groups is 1. The molecule has 0 amide bonds. The molecule has 0 aromatic heterocycles. The summed E-state index contributed by atoms with van der Waals surface area (Å²) in [5.41, 5.74) is 0. The molecule has 0 unspecified atom stereocenters. The van der Waals surface area contributed by atoms with Gasteiger partial charge >= 0.3 is 0 Å². The van der Waals surface area contributed by atoms with Gasteiger partial charge in [-0.05, 0) is 51.0 Å². The third-order valence-electron chi connectivity index (χ3n) is 2.59. The average Bonchev–Trinajstić information content (AvgIpc) is 2.45. The van der Waals surface area contributed by atoms with Crippen molar-refractivity contribution in [2.24, 2.45) is 4.99 Å². The van der Waals surface area contributed by atoms with Crippen LogP contribution in [-0.2, 0) is 0 Å². The lowest BCUT2D eigenvalue weighted by atomic mass is 10.3. The minimum atomic E-state index is -0.244. The summed E-state index contributed by atoms with van der Waals surface area (Å²) in [5.74, 6) is 1.32. The highest BCUT2D eigenvalue weighted by atomic mass is 127. The van der Waals surface area contributed by atoms with Crippen molar-refractivity contribution in [3.05, 3.63) is 30.1 Å². The summed E-state index contributed by atoms with van der Waals surface area (Å²) in [7, 11) is 0. The topological polar surface area (TPSA) is 45.7 Å². The Morgan fingerprint density at radius 2 is 1.71 bits per heavy atom. The van der Waals surface area contributed by atoms with Gasteiger partial charge in [0.2, 0.25) is 0 Å². The molecule has 21 heavy (non-hydrogen) atoms. The Morgan fingerprint density at radius 3 is 2.29 bits per heavy atom. The van der Waals surface area contributed by atoms with Crippen molar-refractivity contribution < 1.29 is 9.13 Å². The molecule has 4 nitrogen and oxygen atoms in total. The molecule has 1 aromatic carbocycles. The predicted molar refractivity (Wildman–Crippen MR) is 96.2 cm³/mol. The van der Waals surface area contributed by atoms with E-state index in [1.807, 2.05) is 13.8 Å². The molecule has 0 aliphatic heterocycles. The van der Waals surface area contributed by atoms with Crippen molar-refractivity contribution in [2.45, 2.75) is 26.7 Å². The van der Waals surface area contributed by atoms with E-state index in [0.717, 1.165) is 38.4 Å². The maximum absolute atomic E-state index is 12.7. The van der Waals surface area contributed by atoms with Gasteiger partial charge in [0, 0.05) is 19.6 Å². The number of rotatable bonds is 8. The van der Waals surface area contributed by atoms with E-state index in [2.05, 4.69) is 15.6 Å². The van der Waals surface area contributed by atoms with Crippen LogP contribution >= 0.6 is 24.0 Å². The Hall–Kier alpha value is -1.05. The Kier molecular flexibility index (Phi) is 12.0. The Labute approximate surface area is 143 Å². The molecule has 120 valence electrons. The molecule has 0 spiro atoms. The normalized spacial score (nSPS) is 9.48. The summed E-state index contributed by atoms with van der Waals surface area (Å²) in [4.78, 5) is 4.45. The van der Waals surface area contributed by atoms with Crippen LogP contribution in [0.25, 0.3) is 0 Å². The smallest absolute Gasteiger partial charge is 0.191 e. The molecule has 0 bridgehead atoms. The van der Waals surface area contributed by atoms with Crippen molar-refractivity contribution >= 4 is 29.9 Å². The van der Waals surface area contributed by atoms with Crippen molar-refractivity contribution in [2.75, 3.05) is 26.2 Å². The molecule has 0 fully saturated rings. The Morgan fingerprint density at radius 1 is 1.10 bits per heavy atom. The van der Waals surface area contributed by atoms with E-state index in [0.29, 0.717) is 12.4 Å². The minimum absolute atomic E-state index is 0. The van der Waals surface area contributed by atoms with E-state index in [4.69, 9.17) is 4.74 Å². The predicted octanol–water partition coefficient (Wildman–Crippen LogP) is 3.18. The first-order chi connectivity index (χ1) is 9.76. The van der Waals surface area contributed by atoms with Gasteiger partial charge < -0.3 is 15.4 Å². The fraction of sp³-hybridized carbons (Fsp3) is 0.533. The quantitative estimate of drug-likeness (QED) is 0.300. The Balaban J connectivity index is 0.00000400. The number of ether oxygens (including phenoxy) is 1. The summed E-state index contributed by atoms with van der Waals surface area (Å²) >= 11 is 0. The second-order valence-electron chi connectivity index (χ2n) is 4.30. The molecule has 0 atom stereocenters. The molecule has 1 aromatic rings. The first-order valence-electron chi connectivity index (χ1n) is 7.16. The molecule has 1 rings (SSSR count). The highest BCUT2D eigenvalue weighted by molar-refractivity contribution is 14.0. The summed E-state index contributed by atoms with van der Waals surface area (Å²) in [6, 6.07) is 6.08. The maximum atomic E-state index is 12.7. The maximum Gasteiger partial charge on any atom is 0.191 e. The average molecular weight is 409 g/mol. The van der Waals surface area contributed by atoms with Crippen LogP contribution in [-0.4, -0.2) is 32.2 Å². The van der Waals surface area contributed by atoms with Gasteiger partial charge in [0.1, 0.15) is 11.6 Å². The molecule has 0 saturated heterocycles. The number of nitrogens with one attached hydrogen (secondary N) is 2. The van der Waals surface area contributed by atoms with Gasteiger partial charge in [-0.15, -0.1) is 24.0 Å². The SMILES string of the molecule is CCNC(=NCCCCOc1ccc(F)cc1)NCC.I. The van der Waals surface area contributed by atoms with Crippen molar-refractivity contribution in [3.8, 4) is 5.75 Å². The van der Waals surface area contributed by atoms with Gasteiger partial charge in [-0.3, -0.25) is 4.99 Å². The van der Waals surface area contributed by atoms with Crippen LogP contribution in [0.3, 0.4) is 0 Å². The number of hydrogen-bond donors (Lipinski definition) is 2. The van der Waals surface area contributed by atoms with E-state index in [1.54, 1.807) is 12.1 Å². The number of halogens is 2. The van der Waals surface area contributed by atoms with Crippen LogP contribution in [0.15, 0.2) is 29.3 Å². The van der Waals surface area contributed by atoms with E-state index < -0.39 is 0 Å². The van der Waals surface area contributed by atoms with Gasteiger partial charge in [0.15, 0.2) is 5.96 Å². The van der Waals surface area contributed by atoms with E-state index in [9.17, 15) is 4.39 Å². The minimum Gasteiger partial charge on any atom is -0.494 e. The van der Waals surface area contributed by atoms with Crippen LogP contribution in [0, 0.1) is 5.82 Å². The van der Waals surface area contributed by atoms with E-state index >= 15 is 0 Å². The molecule has 0 saturated carbocycles. The highest BCUT2D eigenvalue weighted by Crippen LogP contribution is 2.11. The molecular weight excluding hydrogens is 384 g/mol. The van der Waals surface area contributed by atoms with Crippen LogP contribution in [0.5, 0.6) is 5.75 Å². The van der Waals surface area contributed by atoms with Gasteiger partial charge in [0.25, 0.3) is 0 Å². The lowest BCUT2D eigenvalue weighted by Gasteiger charge is -2.09. The number of nitrogens with zero attached hydrogens (tertiary/aromatic N) is 1. The Bertz CT molecular complexity index is 390. The molecule has 6 heteroatoms. The zero-order valence-corrected chi connectivity index (χ0v) is 15.0. The van der Waals surface area contributed by atoms with Crippen molar-refractivity contribution in [1.82, 2.24) is 10.6 Å². The summed E-state index contributed by atoms with van der Waals surface area (Å²) < 4.78 is 18.2. The lowest BCUT2D eigenvalue weighted by molar-refractivity contribution is 0.307. The zero-order chi connectivity index (χ0) is 14.6. The first-order valence-corrected chi connectivity index (χ1v) is 7.16. The summed E-state index contributed by atoms with van der Waals surface area (Å²) in [6.45, 7) is 7.20. The van der Waals surface area contributed by atoms with Crippen LogP contribution < -0.4 is 15.4 Å². The van der Waals surface area contributed by atoms with Crippen LogP contribution in [0.1, 0.15) is 26.7 Å². The highest BCUT2D eigenvalue weighted by Gasteiger charge is 1.96. The van der Waals surface area contributed by atoms with Gasteiger partial charge in [0.05, 0.1) is 6.61 Å². The molecule has 0 heterocycles. The van der Waals surface area contributed by atoms with E-state index in [-0.39, 0.29) is 29.8 Å². The summed E-state index contributed by atoms with van der Waals surface area (Å²) in [6.07, 6.45) is 1.88. The van der Waals surface area contributed by atoms with E-state index in [1.165, 1.54) is 12.1 Å². The monoisotopic (exact) mass is 409 g/mol. The largest absolute Gasteiger partial charge is 0.494 e. The van der Waals surface area contributed by atoms with Crippen molar-refractivity contribution in [3.63, 3.8) is 0 Å². The second kappa shape index (κ2) is 12.7. The number of aliphatic imine (C=N–C) groups is 1. The van der Waals surface area contributed by atoms with Crippen LogP contribution in [0.4, 0.5) is 4.39 Å². The third-order valence-corrected chi connectivity index (χ3v) is 2.59. The number of hydrogen-bond acceptors (Lipinski definition) is 2. The standard InChI is InChI=1S/C15H24FN3O.HI/c1-3-17-15(18-4-2)19-11-5-6-12-20-14-9-7-13(16)8-10-14;/h7-10H,3-6,11-12H2,1-2H3,(H2,17,18,19);1H.